The molecule has 0 atom stereocenters. The van der Waals surface area contributed by atoms with Gasteiger partial charge in [0.1, 0.15) is 13.2 Å². The summed E-state index contributed by atoms with van der Waals surface area (Å²) in [5, 5.41) is 16.4. The van der Waals surface area contributed by atoms with E-state index >= 15 is 0 Å². The minimum atomic E-state index is -0.944. The molecule has 2 N–H and O–H groups in total. The first-order chi connectivity index (χ1) is 12.5. The van der Waals surface area contributed by atoms with Gasteiger partial charge in [0.2, 0.25) is 0 Å². The summed E-state index contributed by atoms with van der Waals surface area (Å²) in [4.78, 5) is 20.0. The van der Waals surface area contributed by atoms with Crippen molar-refractivity contribution in [2.24, 2.45) is 0 Å². The van der Waals surface area contributed by atoms with Gasteiger partial charge in [0.05, 0.1) is 26.4 Å². The second-order valence-corrected chi connectivity index (χ2v) is 4.81. The number of ether oxygens (including phenoxy) is 6. The Kier molecular flexibility index (Phi) is 31.7. The van der Waals surface area contributed by atoms with E-state index in [1.807, 2.05) is 0 Å². The molecule has 10 nitrogen and oxygen atoms in total. The molecule has 0 rings (SSSR count). The molecule has 0 aromatic heterocycles. The fraction of sp³-hybridized carbons (Fsp3) is 0.875. The standard InChI is InChI=1S/2C8H16O5.Zn/c2*1-11-5-6-12-3-2-4-13-7-8(9)10;/h2*2-7H2,1H3,(H,9,10);. The Hall–Kier alpha value is -0.677. The second kappa shape index (κ2) is 27.5. The van der Waals surface area contributed by atoms with Crippen molar-refractivity contribution in [1.82, 2.24) is 0 Å². The van der Waals surface area contributed by atoms with Crippen LogP contribution in [0.1, 0.15) is 12.8 Å². The number of hydrogen-bond acceptors (Lipinski definition) is 8. The molecule has 0 radical (unpaired) electrons. The quantitative estimate of drug-likeness (QED) is 0.222. The van der Waals surface area contributed by atoms with E-state index in [9.17, 15) is 9.59 Å². The van der Waals surface area contributed by atoms with Gasteiger partial charge in [0.25, 0.3) is 0 Å². The fourth-order valence-corrected chi connectivity index (χ4v) is 1.33. The van der Waals surface area contributed by atoms with Gasteiger partial charge in [-0.25, -0.2) is 9.59 Å². The molecule has 0 aromatic rings. The third-order valence-electron chi connectivity index (χ3n) is 2.47. The van der Waals surface area contributed by atoms with Crippen LogP contribution in [0.4, 0.5) is 0 Å². The Balaban J connectivity index is -0.000000411. The number of methoxy groups -OCH3 is 2. The number of rotatable bonds is 18. The van der Waals surface area contributed by atoms with Gasteiger partial charge in [-0.2, -0.15) is 0 Å². The summed E-state index contributed by atoms with van der Waals surface area (Å²) < 4.78 is 29.4. The Morgan fingerprint density at radius 2 is 0.926 bits per heavy atom. The number of carboxylic acids is 2. The van der Waals surface area contributed by atoms with Crippen LogP contribution in [0.3, 0.4) is 0 Å². The summed E-state index contributed by atoms with van der Waals surface area (Å²) in [6.07, 6.45) is 1.41. The molecule has 0 bridgehead atoms. The maximum atomic E-state index is 10.0. The molecule has 11 heteroatoms. The number of carboxylic acid groups (broad SMARTS) is 2. The van der Waals surface area contributed by atoms with Crippen LogP contribution < -0.4 is 0 Å². The largest absolute Gasteiger partial charge is 0.480 e. The SMILES string of the molecule is COCCOCCCOCC(=O)O.COCCOCCCOCC(=O)O.[Zn]. The smallest absolute Gasteiger partial charge is 0.329 e. The molecule has 0 heterocycles. The topological polar surface area (TPSA) is 130 Å². The van der Waals surface area contributed by atoms with Gasteiger partial charge >= 0.3 is 11.9 Å². The van der Waals surface area contributed by atoms with Crippen molar-refractivity contribution in [3.63, 3.8) is 0 Å². The van der Waals surface area contributed by atoms with E-state index in [0.717, 1.165) is 0 Å². The molecule has 0 amide bonds. The summed E-state index contributed by atoms with van der Waals surface area (Å²) in [5.41, 5.74) is 0. The van der Waals surface area contributed by atoms with Gasteiger partial charge in [-0.1, -0.05) is 0 Å². The van der Waals surface area contributed by atoms with Gasteiger partial charge < -0.3 is 38.6 Å². The Bertz CT molecular complexity index is 288. The summed E-state index contributed by atoms with van der Waals surface area (Å²) in [6, 6.07) is 0. The Labute approximate surface area is 173 Å². The van der Waals surface area contributed by atoms with Gasteiger partial charge in [-0.3, -0.25) is 0 Å². The molecule has 0 aliphatic rings. The zero-order chi connectivity index (χ0) is 19.9. The van der Waals surface area contributed by atoms with E-state index < -0.39 is 11.9 Å². The molecule has 0 saturated carbocycles. The summed E-state index contributed by atoms with van der Waals surface area (Å²) >= 11 is 0. The van der Waals surface area contributed by atoms with Crippen molar-refractivity contribution >= 4 is 11.9 Å². The van der Waals surface area contributed by atoms with Crippen LogP contribution in [-0.4, -0.2) is 102 Å². The van der Waals surface area contributed by atoms with Crippen LogP contribution in [0, 0.1) is 0 Å². The van der Waals surface area contributed by atoms with Crippen molar-refractivity contribution in [2.75, 3.05) is 80.3 Å². The maximum Gasteiger partial charge on any atom is 0.329 e. The van der Waals surface area contributed by atoms with Crippen LogP contribution in [0.2, 0.25) is 0 Å². The second-order valence-electron chi connectivity index (χ2n) is 4.81. The average Bonchev–Trinajstić information content (AvgIpc) is 2.60. The minimum Gasteiger partial charge on any atom is -0.480 e. The zero-order valence-electron chi connectivity index (χ0n) is 16.4. The van der Waals surface area contributed by atoms with Crippen LogP contribution in [0.15, 0.2) is 0 Å². The predicted molar refractivity (Wildman–Crippen MR) is 91.5 cm³/mol. The molecule has 0 aromatic carbocycles. The van der Waals surface area contributed by atoms with E-state index in [0.29, 0.717) is 65.7 Å². The van der Waals surface area contributed by atoms with Crippen molar-refractivity contribution in [2.45, 2.75) is 12.8 Å². The van der Waals surface area contributed by atoms with E-state index in [4.69, 9.17) is 38.6 Å². The van der Waals surface area contributed by atoms with Gasteiger partial charge in [0.15, 0.2) is 0 Å². The number of carbonyl (C=O) groups is 2. The first kappa shape index (κ1) is 31.0. The molecule has 27 heavy (non-hydrogen) atoms. The van der Waals surface area contributed by atoms with Crippen molar-refractivity contribution in [3.8, 4) is 0 Å². The number of aliphatic carboxylic acids is 2. The van der Waals surface area contributed by atoms with Crippen LogP contribution in [0.5, 0.6) is 0 Å². The minimum absolute atomic E-state index is 0. The Morgan fingerprint density at radius 3 is 1.22 bits per heavy atom. The van der Waals surface area contributed by atoms with Gasteiger partial charge in [0, 0.05) is 60.1 Å². The van der Waals surface area contributed by atoms with E-state index in [1.165, 1.54) is 0 Å². The normalized spacial score (nSPS) is 9.85. The fourth-order valence-electron chi connectivity index (χ4n) is 1.33. The van der Waals surface area contributed by atoms with Crippen LogP contribution in [-0.2, 0) is 57.5 Å². The molecule has 0 aliphatic heterocycles. The van der Waals surface area contributed by atoms with E-state index in [2.05, 4.69) is 0 Å². The molecule has 0 unspecified atom stereocenters. The molecular weight excluding hydrogens is 418 g/mol. The third-order valence-corrected chi connectivity index (χ3v) is 2.47. The molecular formula is C16H32O10Zn. The molecule has 0 aliphatic carbocycles. The van der Waals surface area contributed by atoms with Gasteiger partial charge in [-0.05, 0) is 12.8 Å². The van der Waals surface area contributed by atoms with E-state index in [1.54, 1.807) is 14.2 Å². The Morgan fingerprint density at radius 1 is 0.593 bits per heavy atom. The zero-order valence-corrected chi connectivity index (χ0v) is 19.3. The number of hydrogen-bond donors (Lipinski definition) is 2. The van der Waals surface area contributed by atoms with Crippen molar-refractivity contribution in [3.05, 3.63) is 0 Å². The first-order valence-electron chi connectivity index (χ1n) is 8.27. The predicted octanol–water partition coefficient (Wildman–Crippen LogP) is 0.279. The van der Waals surface area contributed by atoms with Crippen molar-refractivity contribution < 1.29 is 67.7 Å². The average molecular weight is 450 g/mol. The summed E-state index contributed by atoms with van der Waals surface area (Å²) in [5.74, 6) is -1.89. The first-order valence-corrected chi connectivity index (χ1v) is 8.27. The van der Waals surface area contributed by atoms with Gasteiger partial charge in [-0.15, -0.1) is 0 Å². The van der Waals surface area contributed by atoms with E-state index in [-0.39, 0.29) is 32.7 Å². The molecule has 158 valence electrons. The van der Waals surface area contributed by atoms with Crippen LogP contribution in [0.25, 0.3) is 0 Å². The van der Waals surface area contributed by atoms with Crippen molar-refractivity contribution in [1.29, 1.82) is 0 Å². The molecule has 0 saturated heterocycles. The molecule has 0 fully saturated rings. The monoisotopic (exact) mass is 448 g/mol. The molecule has 0 spiro atoms. The maximum absolute atomic E-state index is 10.0. The summed E-state index contributed by atoms with van der Waals surface area (Å²) in [6.45, 7) is 3.79. The van der Waals surface area contributed by atoms with Crippen LogP contribution >= 0.6 is 0 Å². The third kappa shape index (κ3) is 36.9. The summed E-state index contributed by atoms with van der Waals surface area (Å²) in [7, 11) is 3.22.